The number of ether oxygens (including phenoxy) is 1. The van der Waals surface area contributed by atoms with E-state index >= 15 is 0 Å². The molecule has 0 radical (unpaired) electrons. The van der Waals surface area contributed by atoms with Gasteiger partial charge in [0.15, 0.2) is 0 Å². The molecule has 0 spiro atoms. The Kier molecular flexibility index (Phi) is 5.09. The van der Waals surface area contributed by atoms with E-state index < -0.39 is 0 Å². The maximum atomic E-state index is 12.9. The van der Waals surface area contributed by atoms with Crippen molar-refractivity contribution in [1.82, 2.24) is 9.88 Å². The van der Waals surface area contributed by atoms with E-state index in [2.05, 4.69) is 47.5 Å². The van der Waals surface area contributed by atoms with Crippen molar-refractivity contribution < 1.29 is 9.53 Å². The lowest BCUT2D eigenvalue weighted by atomic mass is 9.70. The Morgan fingerprint density at radius 2 is 2.04 bits per heavy atom. The predicted molar refractivity (Wildman–Crippen MR) is 103 cm³/mol. The highest BCUT2D eigenvalue weighted by atomic mass is 32.1. The molecule has 0 bridgehead atoms. The van der Waals surface area contributed by atoms with Gasteiger partial charge in [0.2, 0.25) is 5.91 Å². The molecule has 5 heteroatoms. The monoisotopic (exact) mass is 370 g/mol. The van der Waals surface area contributed by atoms with Crippen LogP contribution in [0.25, 0.3) is 0 Å². The summed E-state index contributed by atoms with van der Waals surface area (Å²) in [5, 5.41) is 3.31. The summed E-state index contributed by atoms with van der Waals surface area (Å²) in [6, 6.07) is 10.7. The van der Waals surface area contributed by atoms with Crippen molar-refractivity contribution in [2.24, 2.45) is 5.92 Å². The van der Waals surface area contributed by atoms with Crippen LogP contribution in [0.3, 0.4) is 0 Å². The predicted octanol–water partition coefficient (Wildman–Crippen LogP) is 3.79. The van der Waals surface area contributed by atoms with Crippen LogP contribution in [0.15, 0.2) is 35.7 Å². The maximum absolute atomic E-state index is 12.9. The molecule has 4 nitrogen and oxygen atoms in total. The molecule has 1 amide bonds. The van der Waals surface area contributed by atoms with Gasteiger partial charge >= 0.3 is 0 Å². The van der Waals surface area contributed by atoms with Gasteiger partial charge in [-0.25, -0.2) is 4.98 Å². The molecule has 0 N–H and O–H groups in total. The van der Waals surface area contributed by atoms with Crippen molar-refractivity contribution in [2.75, 3.05) is 26.3 Å². The Bertz CT molecular complexity index is 744. The Morgan fingerprint density at radius 1 is 1.27 bits per heavy atom. The quantitative estimate of drug-likeness (QED) is 0.826. The van der Waals surface area contributed by atoms with E-state index in [1.807, 2.05) is 0 Å². The van der Waals surface area contributed by atoms with E-state index in [0.717, 1.165) is 50.4 Å². The molecule has 2 aliphatic rings. The maximum Gasteiger partial charge on any atom is 0.228 e. The smallest absolute Gasteiger partial charge is 0.228 e. The Balaban J connectivity index is 1.56. The number of aryl methyl sites for hydroxylation is 1. The van der Waals surface area contributed by atoms with Gasteiger partial charge in [-0.05, 0) is 38.2 Å². The number of amides is 1. The van der Waals surface area contributed by atoms with Crippen LogP contribution in [0.1, 0.15) is 41.9 Å². The van der Waals surface area contributed by atoms with Crippen LogP contribution in [-0.2, 0) is 14.9 Å². The number of aromatic nitrogens is 1. The number of hydrogen-bond acceptors (Lipinski definition) is 4. The minimum atomic E-state index is -0.0775. The van der Waals surface area contributed by atoms with Crippen molar-refractivity contribution >= 4 is 17.2 Å². The number of thiazole rings is 1. The Morgan fingerprint density at radius 3 is 2.65 bits per heavy atom. The molecule has 0 aliphatic carbocycles. The van der Waals surface area contributed by atoms with Crippen molar-refractivity contribution in [1.29, 1.82) is 0 Å². The lowest BCUT2D eigenvalue weighted by Crippen LogP contribution is -2.48. The molecule has 2 aromatic rings. The summed E-state index contributed by atoms with van der Waals surface area (Å²) >= 11 is 1.71. The first kappa shape index (κ1) is 17.7. The van der Waals surface area contributed by atoms with E-state index in [-0.39, 0.29) is 17.2 Å². The fourth-order valence-corrected chi connectivity index (χ4v) is 5.05. The van der Waals surface area contributed by atoms with E-state index in [0.29, 0.717) is 6.61 Å². The van der Waals surface area contributed by atoms with Gasteiger partial charge in [0.05, 0.1) is 23.2 Å². The van der Waals surface area contributed by atoms with Crippen molar-refractivity contribution in [3.05, 3.63) is 52.0 Å². The zero-order chi connectivity index (χ0) is 18.0. The van der Waals surface area contributed by atoms with Gasteiger partial charge in [0, 0.05) is 30.5 Å². The van der Waals surface area contributed by atoms with E-state index in [1.165, 1.54) is 11.3 Å². The molecule has 1 aromatic heterocycles. The number of benzene rings is 1. The molecule has 2 fully saturated rings. The van der Waals surface area contributed by atoms with Crippen LogP contribution in [0.4, 0.5) is 0 Å². The SMILES string of the molecule is Cc1nc(C2(c3ccccc3)CCN(C(=O)C3CCCOC3)CC2)cs1. The zero-order valence-electron chi connectivity index (χ0n) is 15.3. The second-order valence-electron chi connectivity index (χ2n) is 7.44. The molecule has 138 valence electrons. The van der Waals surface area contributed by atoms with Crippen LogP contribution in [0.5, 0.6) is 0 Å². The summed E-state index contributed by atoms with van der Waals surface area (Å²) < 4.78 is 5.52. The van der Waals surface area contributed by atoms with E-state index in [9.17, 15) is 4.79 Å². The number of likely N-dealkylation sites (tertiary alicyclic amines) is 1. The third-order valence-corrected chi connectivity index (χ3v) is 6.65. The molecule has 3 heterocycles. The molecule has 4 rings (SSSR count). The number of nitrogens with zero attached hydrogens (tertiary/aromatic N) is 2. The minimum absolute atomic E-state index is 0.0505. The summed E-state index contributed by atoms with van der Waals surface area (Å²) in [5.41, 5.74) is 2.41. The molecular weight excluding hydrogens is 344 g/mol. The number of rotatable bonds is 3. The Hall–Kier alpha value is -1.72. The molecular formula is C21H26N2O2S. The molecule has 2 aliphatic heterocycles. The van der Waals surface area contributed by atoms with Gasteiger partial charge in [-0.1, -0.05) is 30.3 Å². The number of hydrogen-bond donors (Lipinski definition) is 0. The largest absolute Gasteiger partial charge is 0.381 e. The first-order valence-electron chi connectivity index (χ1n) is 9.54. The van der Waals surface area contributed by atoms with Crippen LogP contribution in [0, 0.1) is 12.8 Å². The summed E-state index contributed by atoms with van der Waals surface area (Å²) in [6.45, 7) is 5.03. The topological polar surface area (TPSA) is 42.4 Å². The highest BCUT2D eigenvalue weighted by Crippen LogP contribution is 2.42. The highest BCUT2D eigenvalue weighted by Gasteiger charge is 2.41. The lowest BCUT2D eigenvalue weighted by molar-refractivity contribution is -0.141. The third-order valence-electron chi connectivity index (χ3n) is 5.87. The third kappa shape index (κ3) is 3.30. The zero-order valence-corrected chi connectivity index (χ0v) is 16.1. The van der Waals surface area contributed by atoms with Crippen molar-refractivity contribution in [2.45, 2.75) is 38.0 Å². The number of piperidine rings is 1. The lowest BCUT2D eigenvalue weighted by Gasteiger charge is -2.42. The summed E-state index contributed by atoms with van der Waals surface area (Å²) in [5.74, 6) is 0.329. The first-order valence-corrected chi connectivity index (χ1v) is 10.4. The van der Waals surface area contributed by atoms with Crippen LogP contribution in [0.2, 0.25) is 0 Å². The summed E-state index contributed by atoms with van der Waals surface area (Å²) in [6.07, 6.45) is 3.82. The van der Waals surface area contributed by atoms with Gasteiger partial charge in [-0.2, -0.15) is 0 Å². The average molecular weight is 371 g/mol. The second-order valence-corrected chi connectivity index (χ2v) is 8.50. The highest BCUT2D eigenvalue weighted by molar-refractivity contribution is 7.09. The van der Waals surface area contributed by atoms with Crippen LogP contribution >= 0.6 is 11.3 Å². The molecule has 0 saturated carbocycles. The Labute approximate surface area is 159 Å². The first-order chi connectivity index (χ1) is 12.7. The fraction of sp³-hybridized carbons (Fsp3) is 0.524. The summed E-state index contributed by atoms with van der Waals surface area (Å²) in [4.78, 5) is 19.8. The van der Waals surface area contributed by atoms with Gasteiger partial charge in [-0.3, -0.25) is 4.79 Å². The van der Waals surface area contributed by atoms with Crippen LogP contribution in [-0.4, -0.2) is 42.1 Å². The van der Waals surface area contributed by atoms with E-state index in [1.54, 1.807) is 11.3 Å². The number of carbonyl (C=O) groups excluding carboxylic acids is 1. The molecule has 1 atom stereocenters. The van der Waals surface area contributed by atoms with Gasteiger partial charge in [0.25, 0.3) is 0 Å². The normalized spacial score (nSPS) is 23.0. The average Bonchev–Trinajstić information content (AvgIpc) is 3.16. The van der Waals surface area contributed by atoms with Crippen LogP contribution < -0.4 is 0 Å². The standard InChI is InChI=1S/C21H26N2O2S/c1-16-22-19(15-26-16)21(18-7-3-2-4-8-18)9-11-23(12-10-21)20(24)17-6-5-13-25-14-17/h2-4,7-8,15,17H,5-6,9-14H2,1H3. The van der Waals surface area contributed by atoms with Crippen molar-refractivity contribution in [3.63, 3.8) is 0 Å². The second kappa shape index (κ2) is 7.49. The summed E-state index contributed by atoms with van der Waals surface area (Å²) in [7, 11) is 0. The molecule has 26 heavy (non-hydrogen) atoms. The number of carbonyl (C=O) groups is 1. The van der Waals surface area contributed by atoms with E-state index in [4.69, 9.17) is 9.72 Å². The molecule has 2 saturated heterocycles. The molecule has 1 aromatic carbocycles. The minimum Gasteiger partial charge on any atom is -0.381 e. The fourth-order valence-electron chi connectivity index (χ4n) is 4.34. The van der Waals surface area contributed by atoms with Gasteiger partial charge in [-0.15, -0.1) is 11.3 Å². The van der Waals surface area contributed by atoms with Gasteiger partial charge < -0.3 is 9.64 Å². The van der Waals surface area contributed by atoms with Gasteiger partial charge in [0.1, 0.15) is 0 Å². The molecule has 1 unspecified atom stereocenters. The van der Waals surface area contributed by atoms with Crippen molar-refractivity contribution in [3.8, 4) is 0 Å².